The molecule has 8 aromatic carbocycles. The minimum absolute atomic E-state index is 0.0988. The topological polar surface area (TPSA) is 81.9 Å². The summed E-state index contributed by atoms with van der Waals surface area (Å²) in [4.78, 5) is 2.31. The number of hydrogen-bond acceptors (Lipinski definition) is 5. The van der Waals surface area contributed by atoms with Crippen molar-refractivity contribution in [1.29, 1.82) is 10.5 Å². The monoisotopic (exact) mass is 842 g/mol. The Balaban J connectivity index is 0.852. The summed E-state index contributed by atoms with van der Waals surface area (Å²) in [5, 5.41) is 26.4. The molecule has 65 heavy (non-hydrogen) atoms. The lowest BCUT2D eigenvalue weighted by molar-refractivity contribution is 0.305. The van der Waals surface area contributed by atoms with Crippen LogP contribution in [-0.4, -0.2) is 22.3 Å². The van der Waals surface area contributed by atoms with Crippen LogP contribution in [0.2, 0.25) is 0 Å². The number of nitrogens with zero attached hydrogens (tertiary/aromatic N) is 5. The Bertz CT molecular complexity index is 3100. The first-order valence-corrected chi connectivity index (χ1v) is 22.2. The van der Waals surface area contributed by atoms with Crippen LogP contribution in [0.4, 0.5) is 22.7 Å². The van der Waals surface area contributed by atoms with Crippen LogP contribution < -0.4 is 15.0 Å². The number of rotatable bonds is 15. The van der Waals surface area contributed by atoms with Gasteiger partial charge in [0.25, 0.3) is 0 Å². The second-order valence-corrected chi connectivity index (χ2v) is 16.2. The molecule has 2 aromatic heterocycles. The first-order valence-electron chi connectivity index (χ1n) is 22.2. The van der Waals surface area contributed by atoms with E-state index < -0.39 is 0 Å². The van der Waals surface area contributed by atoms with Gasteiger partial charge in [0.15, 0.2) is 0 Å². The Hall–Kier alpha value is -8.52. The van der Waals surface area contributed by atoms with E-state index in [0.29, 0.717) is 6.61 Å². The van der Waals surface area contributed by atoms with Gasteiger partial charge in [0.05, 0.1) is 28.7 Å². The molecule has 0 aliphatic carbocycles. The van der Waals surface area contributed by atoms with Gasteiger partial charge in [0.2, 0.25) is 0 Å². The maximum Gasteiger partial charge on any atom is 0.130 e. The average Bonchev–Trinajstić information content (AvgIpc) is 3.89. The smallest absolute Gasteiger partial charge is 0.130 e. The number of allylic oxidation sites excluding steroid dienone is 1. The number of fused-ring (bicyclic) bond motifs is 6. The van der Waals surface area contributed by atoms with E-state index in [1.807, 2.05) is 36.4 Å². The molecule has 0 saturated carbocycles. The minimum Gasteiger partial charge on any atom is -0.494 e. The summed E-state index contributed by atoms with van der Waals surface area (Å²) < 4.78 is 11.0. The Kier molecular flexibility index (Phi) is 11.5. The van der Waals surface area contributed by atoms with Gasteiger partial charge in [-0.05, 0) is 134 Å². The zero-order valence-electron chi connectivity index (χ0n) is 35.9. The summed E-state index contributed by atoms with van der Waals surface area (Å²) in [6.45, 7) is 1.54. The molecule has 0 saturated heterocycles. The van der Waals surface area contributed by atoms with E-state index in [1.165, 1.54) is 43.6 Å². The van der Waals surface area contributed by atoms with Crippen molar-refractivity contribution >= 4 is 72.4 Å². The largest absolute Gasteiger partial charge is 0.494 e. The zero-order chi connectivity index (χ0) is 44.0. The van der Waals surface area contributed by atoms with Crippen LogP contribution in [0, 0.1) is 22.7 Å². The molecule has 314 valence electrons. The van der Waals surface area contributed by atoms with Crippen molar-refractivity contribution in [3.63, 3.8) is 0 Å². The van der Waals surface area contributed by atoms with E-state index in [9.17, 15) is 0 Å². The quantitative estimate of drug-likeness (QED) is 0.0821. The summed E-state index contributed by atoms with van der Waals surface area (Å²) in [6, 6.07) is 72.3. The number of aromatic nitrogens is 2. The third kappa shape index (κ3) is 8.27. The number of para-hydroxylation sites is 4. The van der Waals surface area contributed by atoms with E-state index in [2.05, 4.69) is 189 Å². The Morgan fingerprint density at radius 1 is 0.477 bits per heavy atom. The predicted octanol–water partition coefficient (Wildman–Crippen LogP) is 14.8. The lowest BCUT2D eigenvalue weighted by Crippen LogP contribution is -2.10. The lowest BCUT2D eigenvalue weighted by Gasteiger charge is -2.26. The average molecular weight is 843 g/mol. The van der Waals surface area contributed by atoms with Gasteiger partial charge in [-0.2, -0.15) is 10.5 Å². The minimum atomic E-state index is 0.0988. The van der Waals surface area contributed by atoms with Gasteiger partial charge < -0.3 is 24.1 Å². The standard InChI is InChI=1S/C58H46N6O/c59-40-43(41-60)39-42-21-23-44(24-22-42)61-37-11-1-2-12-38-65-50-35-33-47(34-36-50)62(45-25-29-48(30-26-45)63-55-17-7-3-13-51(55)52-14-4-8-18-56(52)63)46-27-31-49(32-28-46)64-57-19-9-5-15-53(57)54-16-6-10-20-58(54)64/h3-10,13-36,39,61H,1-2,11-12,37-38H2. The van der Waals surface area contributed by atoms with Crippen molar-refractivity contribution in [2.45, 2.75) is 25.7 Å². The van der Waals surface area contributed by atoms with Crippen molar-refractivity contribution in [2.75, 3.05) is 23.4 Å². The molecule has 0 amide bonds. The van der Waals surface area contributed by atoms with Crippen LogP contribution in [0.3, 0.4) is 0 Å². The molecular formula is C58H46N6O. The van der Waals surface area contributed by atoms with Crippen molar-refractivity contribution in [1.82, 2.24) is 9.13 Å². The molecule has 0 aliphatic rings. The Morgan fingerprint density at radius 2 is 0.892 bits per heavy atom. The van der Waals surface area contributed by atoms with E-state index in [1.54, 1.807) is 6.08 Å². The fraction of sp³-hybridized carbons (Fsp3) is 0.103. The highest BCUT2D eigenvalue weighted by molar-refractivity contribution is 6.10. The first kappa shape index (κ1) is 40.5. The Morgan fingerprint density at radius 3 is 1.34 bits per heavy atom. The number of unbranched alkanes of at least 4 members (excludes halogenated alkanes) is 3. The molecule has 10 rings (SSSR count). The molecule has 0 radical (unpaired) electrons. The first-order chi connectivity index (χ1) is 32.2. The van der Waals surface area contributed by atoms with Crippen LogP contribution >= 0.6 is 0 Å². The van der Waals surface area contributed by atoms with Crippen molar-refractivity contribution in [2.24, 2.45) is 0 Å². The second kappa shape index (κ2) is 18.4. The van der Waals surface area contributed by atoms with Crippen LogP contribution in [0.1, 0.15) is 31.2 Å². The summed E-state index contributed by atoms with van der Waals surface area (Å²) in [7, 11) is 0. The highest BCUT2D eigenvalue weighted by Crippen LogP contribution is 2.39. The van der Waals surface area contributed by atoms with Crippen molar-refractivity contribution in [3.05, 3.63) is 205 Å². The number of ether oxygens (including phenoxy) is 1. The molecule has 1 N–H and O–H groups in total. The van der Waals surface area contributed by atoms with Crippen molar-refractivity contribution < 1.29 is 4.74 Å². The molecule has 0 unspecified atom stereocenters. The van der Waals surface area contributed by atoms with Gasteiger partial charge in [-0.25, -0.2) is 0 Å². The summed E-state index contributed by atoms with van der Waals surface area (Å²) >= 11 is 0. The third-order valence-electron chi connectivity index (χ3n) is 12.1. The maximum absolute atomic E-state index is 8.99. The molecular weight excluding hydrogens is 797 g/mol. The van der Waals surface area contributed by atoms with Crippen LogP contribution in [0.5, 0.6) is 5.75 Å². The molecule has 0 atom stereocenters. The van der Waals surface area contributed by atoms with Gasteiger partial charge in [0.1, 0.15) is 23.5 Å². The molecule has 7 nitrogen and oxygen atoms in total. The fourth-order valence-electron chi connectivity index (χ4n) is 9.00. The Labute approximate surface area is 378 Å². The molecule has 0 fully saturated rings. The van der Waals surface area contributed by atoms with Crippen LogP contribution in [0.15, 0.2) is 200 Å². The number of anilines is 4. The summed E-state index contributed by atoms with van der Waals surface area (Å²) in [5.74, 6) is 0.855. The zero-order valence-corrected chi connectivity index (χ0v) is 35.9. The van der Waals surface area contributed by atoms with Crippen LogP contribution in [-0.2, 0) is 0 Å². The van der Waals surface area contributed by atoms with Gasteiger partial charge in [-0.3, -0.25) is 0 Å². The van der Waals surface area contributed by atoms with Gasteiger partial charge >= 0.3 is 0 Å². The van der Waals surface area contributed by atoms with Gasteiger partial charge in [-0.1, -0.05) is 97.8 Å². The summed E-state index contributed by atoms with van der Waals surface area (Å²) in [6.07, 6.45) is 5.81. The third-order valence-corrected chi connectivity index (χ3v) is 12.1. The van der Waals surface area contributed by atoms with Crippen LogP contribution in [0.25, 0.3) is 61.1 Å². The van der Waals surface area contributed by atoms with Gasteiger partial charge in [-0.15, -0.1) is 0 Å². The lowest BCUT2D eigenvalue weighted by atomic mass is 10.1. The van der Waals surface area contributed by atoms with E-state index in [4.69, 9.17) is 15.3 Å². The number of nitriles is 2. The highest BCUT2D eigenvalue weighted by atomic mass is 16.5. The molecule has 10 aromatic rings. The fourth-order valence-corrected chi connectivity index (χ4v) is 9.00. The van der Waals surface area contributed by atoms with Gasteiger partial charge in [0, 0.05) is 62.2 Å². The van der Waals surface area contributed by atoms with E-state index in [0.717, 1.165) is 77.7 Å². The molecule has 0 spiro atoms. The maximum atomic E-state index is 8.99. The number of benzene rings is 8. The van der Waals surface area contributed by atoms with E-state index >= 15 is 0 Å². The summed E-state index contributed by atoms with van der Waals surface area (Å²) in [5.41, 5.74) is 12.1. The normalized spacial score (nSPS) is 11.1. The van der Waals surface area contributed by atoms with E-state index in [-0.39, 0.29) is 5.57 Å². The number of hydrogen-bond donors (Lipinski definition) is 1. The van der Waals surface area contributed by atoms with Crippen molar-refractivity contribution in [3.8, 4) is 29.3 Å². The predicted molar refractivity (Wildman–Crippen MR) is 268 cm³/mol. The second-order valence-electron chi connectivity index (χ2n) is 16.2. The highest BCUT2D eigenvalue weighted by Gasteiger charge is 2.17. The SMILES string of the molecule is N#CC(C#N)=Cc1ccc(NCCCCCCOc2ccc(N(c3ccc(-n4c5ccccc5c5ccccc54)cc3)c3ccc(-n4c5ccccc5c5ccccc54)cc3)cc2)cc1. The molecule has 2 heterocycles. The number of nitrogens with one attached hydrogen (secondary N) is 1. The molecule has 0 aliphatic heterocycles. The molecule has 7 heteroatoms. The molecule has 0 bridgehead atoms.